The largest absolute Gasteiger partial charge is 0.367 e. The number of nitrogens with one attached hydrogen (secondary N) is 1. The predicted octanol–water partition coefficient (Wildman–Crippen LogP) is 2.90. The molecule has 156 valence electrons. The van der Waals surface area contributed by atoms with Gasteiger partial charge in [-0.2, -0.15) is 0 Å². The molecule has 3 N–H and O–H groups in total. The molecule has 1 atom stereocenters. The van der Waals surface area contributed by atoms with Crippen molar-refractivity contribution in [2.45, 2.75) is 31.8 Å². The Morgan fingerprint density at radius 3 is 2.53 bits per heavy atom. The summed E-state index contributed by atoms with van der Waals surface area (Å²) < 4.78 is 0. The van der Waals surface area contributed by atoms with Gasteiger partial charge in [0.1, 0.15) is 0 Å². The van der Waals surface area contributed by atoms with E-state index in [1.165, 1.54) is 5.56 Å². The minimum Gasteiger partial charge on any atom is -0.367 e. The fourth-order valence-corrected chi connectivity index (χ4v) is 4.05. The van der Waals surface area contributed by atoms with E-state index in [4.69, 9.17) is 10.6 Å². The Bertz CT molecular complexity index is 965. The highest BCUT2D eigenvalue weighted by Crippen LogP contribution is 2.27. The molecule has 4 rings (SSSR count). The molecule has 1 unspecified atom stereocenters. The van der Waals surface area contributed by atoms with E-state index in [-0.39, 0.29) is 5.91 Å². The molecule has 2 amide bonds. The molecule has 0 radical (unpaired) electrons. The van der Waals surface area contributed by atoms with Crippen LogP contribution in [-0.4, -0.2) is 35.4 Å². The highest BCUT2D eigenvalue weighted by atomic mass is 16.7. The number of likely N-dealkylation sites (tertiary alicyclic amines) is 1. The first-order valence-electron chi connectivity index (χ1n) is 10.3. The summed E-state index contributed by atoms with van der Waals surface area (Å²) in [6, 6.07) is 17.9. The van der Waals surface area contributed by atoms with Crippen molar-refractivity contribution in [3.8, 4) is 0 Å². The Balaban J connectivity index is 1.40. The van der Waals surface area contributed by atoms with E-state index >= 15 is 0 Å². The lowest BCUT2D eigenvalue weighted by molar-refractivity contribution is -0.138. The Morgan fingerprint density at radius 2 is 1.87 bits per heavy atom. The van der Waals surface area contributed by atoms with Crippen molar-refractivity contribution in [3.05, 3.63) is 77.4 Å². The highest BCUT2D eigenvalue weighted by Gasteiger charge is 2.36. The van der Waals surface area contributed by atoms with Crippen LogP contribution in [0.25, 0.3) is 5.70 Å². The van der Waals surface area contributed by atoms with Gasteiger partial charge in [-0.1, -0.05) is 42.5 Å². The number of carbonyl (C=O) groups excluding carboxylic acids is 2. The number of rotatable bonds is 5. The number of nitrogens with zero attached hydrogens (tertiary/aromatic N) is 1. The van der Waals surface area contributed by atoms with Gasteiger partial charge >= 0.3 is 0 Å². The fourth-order valence-electron chi connectivity index (χ4n) is 4.05. The van der Waals surface area contributed by atoms with Crippen molar-refractivity contribution in [1.82, 2.24) is 10.4 Å². The molecule has 0 saturated carbocycles. The molecule has 0 bridgehead atoms. The van der Waals surface area contributed by atoms with Crippen LogP contribution in [0, 0.1) is 5.92 Å². The van der Waals surface area contributed by atoms with Gasteiger partial charge in [0.05, 0.1) is 5.70 Å². The fraction of sp³-hybridized carbons (Fsp3) is 0.333. The predicted molar refractivity (Wildman–Crippen MR) is 115 cm³/mol. The summed E-state index contributed by atoms with van der Waals surface area (Å²) in [5.41, 5.74) is 10.4. The molecule has 1 fully saturated rings. The van der Waals surface area contributed by atoms with E-state index in [0.717, 1.165) is 37.9 Å². The van der Waals surface area contributed by atoms with Gasteiger partial charge in [0.25, 0.3) is 11.8 Å². The SMILES string of the molecule is CC1(C(N)=O)C=C(c2cccc(C(=O)N3CCC(Cc4ccccc4)CC3)c2)NO1. The quantitative estimate of drug-likeness (QED) is 0.801. The number of primary amides is 1. The maximum atomic E-state index is 13.0. The standard InChI is InChI=1S/C24H27N3O3/c1-24(23(25)29)16-21(26-30-24)19-8-5-9-20(15-19)22(28)27-12-10-18(11-13-27)14-17-6-3-2-4-7-17/h2-9,15-16,18,26H,10-14H2,1H3,(H2,25,29). The van der Waals surface area contributed by atoms with Crippen LogP contribution in [0.4, 0.5) is 0 Å². The Morgan fingerprint density at radius 1 is 1.13 bits per heavy atom. The van der Waals surface area contributed by atoms with Gasteiger partial charge in [-0.25, -0.2) is 0 Å². The molecule has 2 aliphatic heterocycles. The smallest absolute Gasteiger partial charge is 0.256 e. The van der Waals surface area contributed by atoms with Crippen LogP contribution in [0.3, 0.4) is 0 Å². The second-order valence-corrected chi connectivity index (χ2v) is 8.24. The van der Waals surface area contributed by atoms with Crippen molar-refractivity contribution in [3.63, 3.8) is 0 Å². The minimum atomic E-state index is -1.20. The van der Waals surface area contributed by atoms with E-state index in [2.05, 4.69) is 29.7 Å². The van der Waals surface area contributed by atoms with E-state index < -0.39 is 11.5 Å². The molecule has 2 heterocycles. The van der Waals surface area contributed by atoms with E-state index in [1.807, 2.05) is 35.2 Å². The number of hydrogen-bond donors (Lipinski definition) is 2. The highest BCUT2D eigenvalue weighted by molar-refractivity contribution is 5.95. The van der Waals surface area contributed by atoms with Crippen molar-refractivity contribution < 1.29 is 14.4 Å². The molecule has 30 heavy (non-hydrogen) atoms. The molecule has 2 aliphatic rings. The third-order valence-electron chi connectivity index (χ3n) is 5.97. The maximum absolute atomic E-state index is 13.0. The summed E-state index contributed by atoms with van der Waals surface area (Å²) in [5.74, 6) is 0.0713. The average Bonchev–Trinajstić information content (AvgIpc) is 3.18. The van der Waals surface area contributed by atoms with Crippen LogP contribution in [0.15, 0.2) is 60.7 Å². The summed E-state index contributed by atoms with van der Waals surface area (Å²) in [5, 5.41) is 0. The van der Waals surface area contributed by atoms with Gasteiger partial charge in [0, 0.05) is 24.2 Å². The molecule has 2 aromatic rings. The number of piperidine rings is 1. The number of benzene rings is 2. The first kappa shape index (κ1) is 20.2. The van der Waals surface area contributed by atoms with E-state index in [1.54, 1.807) is 13.0 Å². The average molecular weight is 405 g/mol. The van der Waals surface area contributed by atoms with Crippen molar-refractivity contribution in [2.24, 2.45) is 11.7 Å². The molecule has 0 aromatic heterocycles. The van der Waals surface area contributed by atoms with Crippen LogP contribution in [-0.2, 0) is 16.1 Å². The zero-order valence-corrected chi connectivity index (χ0v) is 17.1. The normalized spacial score (nSPS) is 21.8. The van der Waals surface area contributed by atoms with Crippen LogP contribution in [0.1, 0.15) is 41.3 Å². The molecule has 6 nitrogen and oxygen atoms in total. The van der Waals surface area contributed by atoms with Crippen LogP contribution in [0.2, 0.25) is 0 Å². The second-order valence-electron chi connectivity index (χ2n) is 8.24. The van der Waals surface area contributed by atoms with Gasteiger partial charge in [0.2, 0.25) is 0 Å². The van der Waals surface area contributed by atoms with Gasteiger partial charge in [-0.3, -0.25) is 19.9 Å². The number of carbonyl (C=O) groups is 2. The summed E-state index contributed by atoms with van der Waals surface area (Å²) in [6.07, 6.45) is 4.74. The first-order chi connectivity index (χ1) is 14.4. The monoisotopic (exact) mass is 405 g/mol. The van der Waals surface area contributed by atoms with Gasteiger partial charge in [0.15, 0.2) is 5.60 Å². The Kier molecular flexibility index (Phi) is 5.59. The van der Waals surface area contributed by atoms with Crippen molar-refractivity contribution in [2.75, 3.05) is 13.1 Å². The first-order valence-corrected chi connectivity index (χ1v) is 10.3. The summed E-state index contributed by atoms with van der Waals surface area (Å²) in [7, 11) is 0. The Hall–Kier alpha value is -3.12. The van der Waals surface area contributed by atoms with Crippen LogP contribution < -0.4 is 11.2 Å². The summed E-state index contributed by atoms with van der Waals surface area (Å²) in [6.45, 7) is 3.14. The van der Waals surface area contributed by atoms with Gasteiger partial charge < -0.3 is 10.6 Å². The van der Waals surface area contributed by atoms with E-state index in [0.29, 0.717) is 17.2 Å². The molecule has 2 aromatic carbocycles. The maximum Gasteiger partial charge on any atom is 0.256 e. The summed E-state index contributed by atoms with van der Waals surface area (Å²) in [4.78, 5) is 31.9. The molecule has 6 heteroatoms. The minimum absolute atomic E-state index is 0.0344. The molecular weight excluding hydrogens is 378 g/mol. The number of hydrogen-bond acceptors (Lipinski definition) is 4. The topological polar surface area (TPSA) is 84.7 Å². The number of amides is 2. The van der Waals surface area contributed by atoms with Crippen LogP contribution in [0.5, 0.6) is 0 Å². The van der Waals surface area contributed by atoms with Gasteiger partial charge in [-0.05, 0) is 55.9 Å². The lowest BCUT2D eigenvalue weighted by Crippen LogP contribution is -2.41. The number of hydroxylamine groups is 1. The van der Waals surface area contributed by atoms with Crippen LogP contribution >= 0.6 is 0 Å². The molecular formula is C24H27N3O3. The molecule has 0 spiro atoms. The third-order valence-corrected chi connectivity index (χ3v) is 5.97. The lowest BCUT2D eigenvalue weighted by atomic mass is 9.90. The second kappa shape index (κ2) is 8.32. The summed E-state index contributed by atoms with van der Waals surface area (Å²) >= 11 is 0. The van der Waals surface area contributed by atoms with E-state index in [9.17, 15) is 9.59 Å². The van der Waals surface area contributed by atoms with Crippen molar-refractivity contribution >= 4 is 17.5 Å². The van der Waals surface area contributed by atoms with Crippen molar-refractivity contribution in [1.29, 1.82) is 0 Å². The number of nitrogens with two attached hydrogens (primary N) is 1. The molecule has 1 saturated heterocycles. The zero-order chi connectivity index (χ0) is 21.1. The lowest BCUT2D eigenvalue weighted by Gasteiger charge is -2.32. The zero-order valence-electron chi connectivity index (χ0n) is 17.1. The van der Waals surface area contributed by atoms with Gasteiger partial charge in [-0.15, -0.1) is 0 Å². The third kappa shape index (κ3) is 4.24. The molecule has 0 aliphatic carbocycles. The Labute approximate surface area is 176 Å².